The zero-order valence-corrected chi connectivity index (χ0v) is 23.8. The molecule has 0 N–H and O–H groups in total. The van der Waals surface area contributed by atoms with Crippen molar-refractivity contribution in [1.29, 1.82) is 0 Å². The molecule has 2 aromatic rings. The van der Waals surface area contributed by atoms with Gasteiger partial charge < -0.3 is 9.64 Å². The molecule has 0 radical (unpaired) electrons. The lowest BCUT2D eigenvalue weighted by atomic mass is 9.71. The van der Waals surface area contributed by atoms with Gasteiger partial charge in [0, 0.05) is 24.0 Å². The van der Waals surface area contributed by atoms with Crippen molar-refractivity contribution in [3.63, 3.8) is 0 Å². The summed E-state index contributed by atoms with van der Waals surface area (Å²) < 4.78 is 6.48. The van der Waals surface area contributed by atoms with Gasteiger partial charge in [0.1, 0.15) is 5.75 Å². The standard InChI is InChI=1S/C34H44ClNO/c1-5-9-25(4)12-8-13-27-15-16-29(27)22-36-23-30(32-18-17-31(35)21-28(32)11-7-3)24-37-34-19-14-26(10-6-2)20-33(34)36/h8,10,12,14,17-21,25,27,29-30H,2,5,7,9,11,13,15-16,22-24H2,1,3-4H3/b12-8+. The summed E-state index contributed by atoms with van der Waals surface area (Å²) in [6, 6.07) is 12.9. The lowest BCUT2D eigenvalue weighted by molar-refractivity contribution is 0.182. The Morgan fingerprint density at radius 3 is 2.70 bits per heavy atom. The quantitative estimate of drug-likeness (QED) is 0.217. The Morgan fingerprint density at radius 2 is 1.97 bits per heavy atom. The van der Waals surface area contributed by atoms with Crippen LogP contribution in [0.2, 0.25) is 5.02 Å². The molecule has 4 unspecified atom stereocenters. The molecule has 1 aliphatic carbocycles. The fraction of sp³-hybridized carbons (Fsp3) is 0.500. The molecule has 1 fully saturated rings. The predicted molar refractivity (Wildman–Crippen MR) is 160 cm³/mol. The van der Waals surface area contributed by atoms with Crippen molar-refractivity contribution in [2.75, 3.05) is 24.6 Å². The highest BCUT2D eigenvalue weighted by Crippen LogP contribution is 2.42. The average molecular weight is 518 g/mol. The first kappa shape index (κ1) is 27.6. The molecule has 0 amide bonds. The molecule has 3 heteroatoms. The third-order valence-corrected chi connectivity index (χ3v) is 8.45. The van der Waals surface area contributed by atoms with E-state index < -0.39 is 0 Å². The topological polar surface area (TPSA) is 12.5 Å². The van der Waals surface area contributed by atoms with Gasteiger partial charge in [-0.2, -0.15) is 0 Å². The van der Waals surface area contributed by atoms with Crippen molar-refractivity contribution in [3.8, 4) is 5.75 Å². The summed E-state index contributed by atoms with van der Waals surface area (Å²) in [7, 11) is 0. The van der Waals surface area contributed by atoms with E-state index in [1.54, 1.807) is 0 Å². The molecule has 1 aliphatic heterocycles. The second-order valence-electron chi connectivity index (χ2n) is 11.1. The van der Waals surface area contributed by atoms with E-state index in [9.17, 15) is 0 Å². The predicted octanol–water partition coefficient (Wildman–Crippen LogP) is 9.48. The Labute approximate surface area is 230 Å². The van der Waals surface area contributed by atoms with Crippen molar-refractivity contribution in [3.05, 3.63) is 82.6 Å². The third kappa shape index (κ3) is 7.13. The van der Waals surface area contributed by atoms with Gasteiger partial charge in [-0.25, -0.2) is 0 Å². The molecule has 1 saturated carbocycles. The van der Waals surface area contributed by atoms with Crippen LogP contribution in [0.5, 0.6) is 5.75 Å². The molecule has 0 aromatic heterocycles. The van der Waals surface area contributed by atoms with Crippen LogP contribution in [-0.2, 0) is 6.42 Å². The number of anilines is 1. The van der Waals surface area contributed by atoms with Crippen LogP contribution in [0.1, 0.15) is 81.9 Å². The summed E-state index contributed by atoms with van der Waals surface area (Å²) in [4.78, 5) is 2.61. The maximum Gasteiger partial charge on any atom is 0.142 e. The molecule has 0 saturated heterocycles. The number of nitrogens with zero attached hydrogens (tertiary/aromatic N) is 1. The van der Waals surface area contributed by atoms with Gasteiger partial charge in [0.05, 0.1) is 12.3 Å². The highest BCUT2D eigenvalue weighted by atomic mass is 35.5. The molecular formula is C34H44ClNO. The summed E-state index contributed by atoms with van der Waals surface area (Å²) in [5, 5.41) is 0.821. The van der Waals surface area contributed by atoms with Crippen molar-refractivity contribution in [1.82, 2.24) is 0 Å². The fourth-order valence-corrected chi connectivity index (χ4v) is 6.24. The Hall–Kier alpha value is -2.41. The third-order valence-electron chi connectivity index (χ3n) is 8.21. The molecule has 0 spiro atoms. The number of ether oxygens (including phenoxy) is 1. The molecule has 2 nitrogen and oxygen atoms in total. The van der Waals surface area contributed by atoms with Crippen LogP contribution in [0.25, 0.3) is 6.08 Å². The van der Waals surface area contributed by atoms with Crippen molar-refractivity contribution in [2.24, 2.45) is 17.8 Å². The number of rotatable bonds is 11. The number of hydrogen-bond acceptors (Lipinski definition) is 2. The summed E-state index contributed by atoms with van der Waals surface area (Å²) >= 11 is 6.40. The summed E-state index contributed by atoms with van der Waals surface area (Å²) in [5.74, 6) is 3.47. The Morgan fingerprint density at radius 1 is 1.14 bits per heavy atom. The van der Waals surface area contributed by atoms with Crippen molar-refractivity contribution >= 4 is 23.4 Å². The van der Waals surface area contributed by atoms with Crippen LogP contribution in [0, 0.1) is 17.8 Å². The minimum absolute atomic E-state index is 0.304. The SMILES string of the molecule is C=C=Cc1ccc2c(c1)N(CC1CCC1C/C=C/C(C)CCC)CC(c1ccc(Cl)cc1CCC)CO2. The minimum Gasteiger partial charge on any atom is -0.491 e. The van der Waals surface area contributed by atoms with E-state index in [2.05, 4.69) is 80.5 Å². The monoisotopic (exact) mass is 517 g/mol. The zero-order chi connectivity index (χ0) is 26.2. The summed E-state index contributed by atoms with van der Waals surface area (Å²) in [6.45, 7) is 13.3. The van der Waals surface area contributed by atoms with Gasteiger partial charge in [-0.05, 0) is 96.9 Å². The van der Waals surface area contributed by atoms with E-state index in [4.69, 9.17) is 16.3 Å². The van der Waals surface area contributed by atoms with Crippen molar-refractivity contribution < 1.29 is 4.74 Å². The summed E-state index contributed by atoms with van der Waals surface area (Å²) in [6.07, 6.45) is 15.4. The van der Waals surface area contributed by atoms with Crippen LogP contribution >= 0.6 is 11.6 Å². The van der Waals surface area contributed by atoms with E-state index in [-0.39, 0.29) is 0 Å². The first-order valence-corrected chi connectivity index (χ1v) is 14.7. The van der Waals surface area contributed by atoms with E-state index in [1.165, 1.54) is 48.9 Å². The molecule has 2 aliphatic rings. The second-order valence-corrected chi connectivity index (χ2v) is 11.5. The van der Waals surface area contributed by atoms with Crippen LogP contribution in [-0.4, -0.2) is 19.7 Å². The number of fused-ring (bicyclic) bond motifs is 1. The lowest BCUT2D eigenvalue weighted by Crippen LogP contribution is -2.40. The Balaban J connectivity index is 1.58. The molecular weight excluding hydrogens is 474 g/mol. The van der Waals surface area contributed by atoms with Gasteiger partial charge in [0.15, 0.2) is 0 Å². The zero-order valence-electron chi connectivity index (χ0n) is 23.0. The average Bonchev–Trinajstić information content (AvgIpc) is 3.04. The van der Waals surface area contributed by atoms with E-state index in [0.717, 1.165) is 54.1 Å². The first-order chi connectivity index (χ1) is 18.0. The van der Waals surface area contributed by atoms with E-state index in [0.29, 0.717) is 18.4 Å². The summed E-state index contributed by atoms with van der Waals surface area (Å²) in [5.41, 5.74) is 8.01. The van der Waals surface area contributed by atoms with Gasteiger partial charge in [-0.3, -0.25) is 0 Å². The first-order valence-electron chi connectivity index (χ1n) is 14.3. The number of allylic oxidation sites excluding steroid dienone is 2. The Kier molecular flexibility index (Phi) is 10.0. The molecule has 4 rings (SSSR count). The van der Waals surface area contributed by atoms with Gasteiger partial charge in [-0.1, -0.05) is 76.1 Å². The van der Waals surface area contributed by atoms with Crippen LogP contribution in [0.15, 0.2) is 60.9 Å². The second kappa shape index (κ2) is 13.4. The fourth-order valence-electron chi connectivity index (χ4n) is 6.05. The number of benzene rings is 2. The van der Waals surface area contributed by atoms with Crippen LogP contribution < -0.4 is 9.64 Å². The van der Waals surface area contributed by atoms with Gasteiger partial charge >= 0.3 is 0 Å². The van der Waals surface area contributed by atoms with Gasteiger partial charge in [-0.15, -0.1) is 5.73 Å². The molecule has 1 heterocycles. The van der Waals surface area contributed by atoms with E-state index in [1.807, 2.05) is 12.1 Å². The number of halogens is 1. The van der Waals surface area contributed by atoms with Crippen LogP contribution in [0.4, 0.5) is 5.69 Å². The van der Waals surface area contributed by atoms with Crippen molar-refractivity contribution in [2.45, 2.75) is 71.6 Å². The Bertz CT molecular complexity index is 1110. The number of aryl methyl sites for hydroxylation is 1. The molecule has 4 atom stereocenters. The molecule has 2 aromatic carbocycles. The molecule has 37 heavy (non-hydrogen) atoms. The lowest BCUT2D eigenvalue weighted by Gasteiger charge is -2.41. The van der Waals surface area contributed by atoms with Crippen LogP contribution in [0.3, 0.4) is 0 Å². The maximum atomic E-state index is 6.48. The number of hydrogen-bond donors (Lipinski definition) is 0. The largest absolute Gasteiger partial charge is 0.491 e. The van der Waals surface area contributed by atoms with E-state index >= 15 is 0 Å². The highest BCUT2D eigenvalue weighted by molar-refractivity contribution is 6.30. The normalized spacial score (nSPS) is 21.9. The van der Waals surface area contributed by atoms with Gasteiger partial charge in [0.2, 0.25) is 0 Å². The molecule has 0 bridgehead atoms. The smallest absolute Gasteiger partial charge is 0.142 e. The minimum atomic E-state index is 0.304. The van der Waals surface area contributed by atoms with Gasteiger partial charge in [0.25, 0.3) is 0 Å². The maximum absolute atomic E-state index is 6.48. The highest BCUT2D eigenvalue weighted by Gasteiger charge is 2.34. The molecule has 198 valence electrons.